The molecule has 0 saturated carbocycles. The van der Waals surface area contributed by atoms with E-state index < -0.39 is 0 Å². The summed E-state index contributed by atoms with van der Waals surface area (Å²) in [5.74, 6) is 1.50. The van der Waals surface area contributed by atoms with E-state index >= 15 is 0 Å². The third-order valence-electron chi connectivity index (χ3n) is 2.78. The average molecular weight is 295 g/mol. The fraction of sp³-hybridized carbons (Fsp3) is 0.231. The molecule has 0 aliphatic carbocycles. The quantitative estimate of drug-likeness (QED) is 0.865. The molecule has 1 N–H and O–H groups in total. The van der Waals surface area contributed by atoms with E-state index in [1.54, 1.807) is 36.0 Å². The van der Waals surface area contributed by atoms with Crippen LogP contribution in [0.5, 0.6) is 5.75 Å². The topological polar surface area (TPSA) is 50.7 Å². The highest BCUT2D eigenvalue weighted by molar-refractivity contribution is 8.14. The van der Waals surface area contributed by atoms with Gasteiger partial charge < -0.3 is 10.1 Å². The molecule has 0 saturated heterocycles. The lowest BCUT2D eigenvalue weighted by Gasteiger charge is -2.17. The van der Waals surface area contributed by atoms with Crippen LogP contribution in [0, 0.1) is 0 Å². The van der Waals surface area contributed by atoms with E-state index in [4.69, 9.17) is 16.3 Å². The van der Waals surface area contributed by atoms with Crippen molar-refractivity contribution in [2.24, 2.45) is 4.99 Å². The number of aliphatic imine (C=N–C) groups is 1. The molecule has 3 rings (SSSR count). The van der Waals surface area contributed by atoms with E-state index in [9.17, 15) is 4.79 Å². The van der Waals surface area contributed by atoms with Crippen molar-refractivity contribution in [1.82, 2.24) is 5.32 Å². The van der Waals surface area contributed by atoms with Gasteiger partial charge in [0.05, 0.1) is 12.1 Å². The van der Waals surface area contributed by atoms with Crippen LogP contribution in [0.2, 0.25) is 5.02 Å². The van der Waals surface area contributed by atoms with E-state index in [0.717, 1.165) is 23.6 Å². The van der Waals surface area contributed by atoms with Gasteiger partial charge in [0, 0.05) is 16.3 Å². The molecule has 6 heteroatoms. The number of nitrogens with zero attached hydrogens (tertiary/aromatic N) is 1. The summed E-state index contributed by atoms with van der Waals surface area (Å²) in [4.78, 5) is 16.2. The molecule has 19 heavy (non-hydrogen) atoms. The van der Waals surface area contributed by atoms with Crippen LogP contribution < -0.4 is 10.1 Å². The predicted octanol–water partition coefficient (Wildman–Crippen LogP) is 2.33. The lowest BCUT2D eigenvalue weighted by atomic mass is 10.1. The first kappa shape index (κ1) is 12.6. The number of hydrogen-bond donors (Lipinski definition) is 1. The molecule has 0 aromatic heterocycles. The molecule has 0 atom stereocenters. The number of fused-ring (bicyclic) bond motifs is 1. The summed E-state index contributed by atoms with van der Waals surface area (Å²) in [6, 6.07) is 5.36. The number of ether oxygens (including phenoxy) is 1. The minimum atomic E-state index is -0.168. The first-order valence-corrected chi connectivity index (χ1v) is 7.20. The summed E-state index contributed by atoms with van der Waals surface area (Å²) in [5.41, 5.74) is 1.40. The molecule has 0 unspecified atom stereocenters. The molecule has 0 fully saturated rings. The van der Waals surface area contributed by atoms with Gasteiger partial charge in [0.1, 0.15) is 12.4 Å². The second kappa shape index (κ2) is 5.27. The van der Waals surface area contributed by atoms with Crippen LogP contribution in [0.25, 0.3) is 6.08 Å². The number of carbonyl (C=O) groups is 1. The Morgan fingerprint density at radius 3 is 3.16 bits per heavy atom. The monoisotopic (exact) mass is 294 g/mol. The Hall–Kier alpha value is -1.46. The van der Waals surface area contributed by atoms with E-state index in [1.165, 1.54) is 0 Å². The van der Waals surface area contributed by atoms with Crippen LogP contribution in [-0.4, -0.2) is 30.0 Å². The molecule has 2 aliphatic heterocycles. The molecule has 2 heterocycles. The van der Waals surface area contributed by atoms with Crippen molar-refractivity contribution < 1.29 is 9.53 Å². The van der Waals surface area contributed by atoms with Crippen molar-refractivity contribution in [3.63, 3.8) is 0 Å². The lowest BCUT2D eigenvalue weighted by Crippen LogP contribution is -2.31. The Bertz CT molecular complexity index is 598. The molecule has 0 spiro atoms. The van der Waals surface area contributed by atoms with Crippen molar-refractivity contribution in [1.29, 1.82) is 0 Å². The van der Waals surface area contributed by atoms with Gasteiger partial charge in [-0.2, -0.15) is 0 Å². The number of amidine groups is 1. The number of amides is 1. The summed E-state index contributed by atoms with van der Waals surface area (Å²) in [6.07, 6.45) is 1.81. The van der Waals surface area contributed by atoms with Gasteiger partial charge in [-0.1, -0.05) is 23.4 Å². The van der Waals surface area contributed by atoms with Crippen molar-refractivity contribution in [2.75, 3.05) is 18.9 Å². The van der Waals surface area contributed by atoms with Gasteiger partial charge in [0.15, 0.2) is 5.17 Å². The number of hydrogen-bond acceptors (Lipinski definition) is 4. The molecule has 1 amide bonds. The molecule has 4 nitrogen and oxygen atoms in total. The minimum absolute atomic E-state index is 0.168. The van der Waals surface area contributed by atoms with Crippen LogP contribution >= 0.6 is 23.4 Å². The van der Waals surface area contributed by atoms with Gasteiger partial charge in [-0.15, -0.1) is 0 Å². The van der Waals surface area contributed by atoms with Gasteiger partial charge in [-0.3, -0.25) is 9.79 Å². The predicted molar refractivity (Wildman–Crippen MR) is 77.8 cm³/mol. The van der Waals surface area contributed by atoms with E-state index in [-0.39, 0.29) is 12.5 Å². The standard InChI is InChI=1S/C13H11ClN2O2S/c14-10-1-2-11-8(6-10)5-9(7-18-11)12(17)16-13-15-3-4-19-13/h1-2,5-6H,3-4,7H2,(H,15,16,17). The second-order valence-corrected chi connectivity index (χ2v) is 5.65. The largest absolute Gasteiger partial charge is 0.488 e. The summed E-state index contributed by atoms with van der Waals surface area (Å²) >= 11 is 7.49. The van der Waals surface area contributed by atoms with Crippen LogP contribution in [0.15, 0.2) is 28.8 Å². The Balaban J connectivity index is 1.80. The second-order valence-electron chi connectivity index (χ2n) is 4.13. The Labute approximate surface area is 119 Å². The molecule has 2 aliphatic rings. The van der Waals surface area contributed by atoms with Gasteiger partial charge in [0.25, 0.3) is 5.91 Å². The van der Waals surface area contributed by atoms with Gasteiger partial charge in [-0.05, 0) is 24.3 Å². The maximum Gasteiger partial charge on any atom is 0.256 e. The van der Waals surface area contributed by atoms with Gasteiger partial charge in [-0.25, -0.2) is 0 Å². The molecule has 98 valence electrons. The molecule has 1 aromatic rings. The number of benzene rings is 1. The highest BCUT2D eigenvalue weighted by Gasteiger charge is 2.19. The normalized spacial score (nSPS) is 17.1. The van der Waals surface area contributed by atoms with Crippen molar-refractivity contribution in [3.05, 3.63) is 34.4 Å². The summed E-state index contributed by atoms with van der Waals surface area (Å²) < 4.78 is 5.54. The maximum atomic E-state index is 12.1. The molecule has 1 aromatic carbocycles. The van der Waals surface area contributed by atoms with Gasteiger partial charge >= 0.3 is 0 Å². The number of nitrogens with one attached hydrogen (secondary N) is 1. The number of rotatable bonds is 1. The summed E-state index contributed by atoms with van der Waals surface area (Å²) in [7, 11) is 0. The summed E-state index contributed by atoms with van der Waals surface area (Å²) in [5, 5.41) is 4.09. The van der Waals surface area contributed by atoms with E-state index in [0.29, 0.717) is 15.8 Å². The van der Waals surface area contributed by atoms with Gasteiger partial charge in [0.2, 0.25) is 0 Å². The van der Waals surface area contributed by atoms with Crippen LogP contribution in [0.1, 0.15) is 5.56 Å². The van der Waals surface area contributed by atoms with Crippen LogP contribution in [0.4, 0.5) is 0 Å². The Kier molecular flexibility index (Phi) is 3.48. The smallest absolute Gasteiger partial charge is 0.256 e. The average Bonchev–Trinajstić information content (AvgIpc) is 2.90. The third-order valence-corrected chi connectivity index (χ3v) is 3.91. The van der Waals surface area contributed by atoms with Crippen molar-refractivity contribution in [2.45, 2.75) is 0 Å². The third kappa shape index (κ3) is 2.77. The lowest BCUT2D eigenvalue weighted by molar-refractivity contribution is -0.116. The fourth-order valence-electron chi connectivity index (χ4n) is 1.87. The zero-order valence-corrected chi connectivity index (χ0v) is 11.6. The number of thioether (sulfide) groups is 1. The zero-order chi connectivity index (χ0) is 13.2. The maximum absolute atomic E-state index is 12.1. The molecular weight excluding hydrogens is 284 g/mol. The van der Waals surface area contributed by atoms with Crippen LogP contribution in [-0.2, 0) is 4.79 Å². The first-order valence-electron chi connectivity index (χ1n) is 5.84. The number of halogens is 1. The van der Waals surface area contributed by atoms with E-state index in [2.05, 4.69) is 10.3 Å². The first-order chi connectivity index (χ1) is 9.22. The van der Waals surface area contributed by atoms with Crippen molar-refractivity contribution >= 4 is 40.5 Å². The Morgan fingerprint density at radius 1 is 1.47 bits per heavy atom. The Morgan fingerprint density at radius 2 is 2.37 bits per heavy atom. The molecular formula is C13H11ClN2O2S. The summed E-state index contributed by atoms with van der Waals surface area (Å²) in [6.45, 7) is 1.02. The highest BCUT2D eigenvalue weighted by Crippen LogP contribution is 2.29. The van der Waals surface area contributed by atoms with E-state index in [1.807, 2.05) is 0 Å². The highest BCUT2D eigenvalue weighted by atomic mass is 35.5. The SMILES string of the molecule is O=C(NC1=NCCS1)C1=Cc2cc(Cl)ccc2OC1. The zero-order valence-electron chi connectivity index (χ0n) is 9.98. The fourth-order valence-corrected chi connectivity index (χ4v) is 2.77. The van der Waals surface area contributed by atoms with Crippen molar-refractivity contribution in [3.8, 4) is 5.75 Å². The minimum Gasteiger partial charge on any atom is -0.488 e. The number of carbonyl (C=O) groups excluding carboxylic acids is 1. The van der Waals surface area contributed by atoms with Crippen LogP contribution in [0.3, 0.4) is 0 Å². The molecule has 0 radical (unpaired) electrons. The molecule has 0 bridgehead atoms.